The zero-order valence-corrected chi connectivity index (χ0v) is 17.3. The van der Waals surface area contributed by atoms with Crippen molar-refractivity contribution in [3.8, 4) is 0 Å². The minimum Gasteiger partial charge on any atom is -0.308 e. The molecule has 0 bridgehead atoms. The Kier molecular flexibility index (Phi) is 5.31. The molecule has 1 aromatic heterocycles. The Labute approximate surface area is 176 Å². The van der Waals surface area contributed by atoms with Crippen molar-refractivity contribution < 1.29 is 18.8 Å². The highest BCUT2D eigenvalue weighted by atomic mass is 32.1. The second-order valence-corrected chi connectivity index (χ2v) is 8.21. The zero-order valence-electron chi connectivity index (χ0n) is 16.5. The average molecular weight is 426 g/mol. The number of carbonyl (C=O) groups excluding carboxylic acids is 3. The molecule has 2 heterocycles. The third-order valence-corrected chi connectivity index (χ3v) is 5.85. The zero-order chi connectivity index (χ0) is 21.4. The van der Waals surface area contributed by atoms with Gasteiger partial charge in [0.2, 0.25) is 5.91 Å². The Bertz CT molecular complexity index is 1130. The van der Waals surface area contributed by atoms with Gasteiger partial charge in [-0.25, -0.2) is 9.37 Å². The number of halogens is 1. The summed E-state index contributed by atoms with van der Waals surface area (Å²) in [5.41, 5.74) is 1.18. The highest BCUT2D eigenvalue weighted by molar-refractivity contribution is 7.22. The number of fused-ring (bicyclic) bond motifs is 2. The fraction of sp³-hybridized carbons (Fsp3) is 0.238. The molecular formula is C21H19FN4O3S. The van der Waals surface area contributed by atoms with E-state index in [0.29, 0.717) is 39.6 Å². The van der Waals surface area contributed by atoms with Gasteiger partial charge in [-0.05, 0) is 44.4 Å². The first kappa shape index (κ1) is 20.1. The fourth-order valence-electron chi connectivity index (χ4n) is 3.23. The summed E-state index contributed by atoms with van der Waals surface area (Å²) in [6, 6.07) is 10.8. The number of rotatable bonds is 6. The molecule has 154 valence electrons. The standard InChI is InChI=1S/C21H19FN4O3S/c1-24(2)9-10-25(21-23-16-8-7-13(22)11-17(16)30-21)18(27)12-26-19(28)14-5-3-4-6-15(14)20(26)29/h3-8,11H,9-10,12H2,1-2H3. The van der Waals surface area contributed by atoms with Crippen LogP contribution in [0.1, 0.15) is 20.7 Å². The van der Waals surface area contributed by atoms with Crippen molar-refractivity contribution in [3.63, 3.8) is 0 Å². The number of thiazole rings is 1. The van der Waals surface area contributed by atoms with Gasteiger partial charge in [-0.1, -0.05) is 23.5 Å². The van der Waals surface area contributed by atoms with E-state index in [9.17, 15) is 18.8 Å². The average Bonchev–Trinajstić information content (AvgIpc) is 3.22. The Hall–Kier alpha value is -3.17. The van der Waals surface area contributed by atoms with E-state index in [4.69, 9.17) is 0 Å². The van der Waals surface area contributed by atoms with E-state index in [1.165, 1.54) is 28.4 Å². The number of hydrogen-bond acceptors (Lipinski definition) is 6. The van der Waals surface area contributed by atoms with Crippen molar-refractivity contribution in [2.24, 2.45) is 0 Å². The van der Waals surface area contributed by atoms with Gasteiger partial charge in [0.05, 0.1) is 21.3 Å². The van der Waals surface area contributed by atoms with Gasteiger partial charge in [-0.2, -0.15) is 0 Å². The number of nitrogens with zero attached hydrogens (tertiary/aromatic N) is 4. The second kappa shape index (κ2) is 7.92. The number of benzene rings is 2. The molecule has 0 N–H and O–H groups in total. The number of anilines is 1. The molecule has 1 aliphatic heterocycles. The normalized spacial score (nSPS) is 13.4. The van der Waals surface area contributed by atoms with E-state index in [1.807, 2.05) is 19.0 Å². The third kappa shape index (κ3) is 3.69. The van der Waals surface area contributed by atoms with Crippen molar-refractivity contribution in [2.45, 2.75) is 0 Å². The maximum atomic E-state index is 13.6. The van der Waals surface area contributed by atoms with E-state index < -0.39 is 17.7 Å². The second-order valence-electron chi connectivity index (χ2n) is 7.20. The lowest BCUT2D eigenvalue weighted by atomic mass is 10.1. The molecule has 0 unspecified atom stereocenters. The molecule has 0 spiro atoms. The summed E-state index contributed by atoms with van der Waals surface area (Å²) in [6.45, 7) is 0.486. The summed E-state index contributed by atoms with van der Waals surface area (Å²) in [7, 11) is 3.75. The minimum atomic E-state index is -0.483. The number of aromatic nitrogens is 1. The first-order valence-corrected chi connectivity index (χ1v) is 10.1. The lowest BCUT2D eigenvalue weighted by Gasteiger charge is -2.24. The maximum Gasteiger partial charge on any atom is 0.262 e. The summed E-state index contributed by atoms with van der Waals surface area (Å²) in [4.78, 5) is 47.2. The molecule has 2 aromatic carbocycles. The summed E-state index contributed by atoms with van der Waals surface area (Å²) >= 11 is 1.19. The van der Waals surface area contributed by atoms with Crippen LogP contribution in [-0.4, -0.2) is 66.2 Å². The highest BCUT2D eigenvalue weighted by Gasteiger charge is 2.37. The van der Waals surface area contributed by atoms with Gasteiger partial charge < -0.3 is 4.90 Å². The molecule has 0 saturated heterocycles. The molecule has 4 rings (SSSR count). The molecule has 7 nitrogen and oxygen atoms in total. The monoisotopic (exact) mass is 426 g/mol. The molecule has 9 heteroatoms. The van der Waals surface area contributed by atoms with E-state index in [1.54, 1.807) is 30.3 Å². The van der Waals surface area contributed by atoms with Crippen LogP contribution in [0.5, 0.6) is 0 Å². The summed E-state index contributed by atoms with van der Waals surface area (Å²) < 4.78 is 14.2. The molecule has 0 saturated carbocycles. The Morgan fingerprint density at radius 1 is 1.07 bits per heavy atom. The van der Waals surface area contributed by atoms with E-state index >= 15 is 0 Å². The molecule has 0 fully saturated rings. The molecule has 3 aromatic rings. The Morgan fingerprint density at radius 3 is 2.37 bits per heavy atom. The van der Waals surface area contributed by atoms with Gasteiger partial charge in [0.25, 0.3) is 11.8 Å². The number of hydrogen-bond donors (Lipinski definition) is 0. The smallest absolute Gasteiger partial charge is 0.262 e. The van der Waals surface area contributed by atoms with Crippen LogP contribution >= 0.6 is 11.3 Å². The molecule has 0 aliphatic carbocycles. The number of amides is 3. The SMILES string of the molecule is CN(C)CCN(C(=O)CN1C(=O)c2ccccc2C1=O)c1nc2ccc(F)cc2s1. The van der Waals surface area contributed by atoms with E-state index in [0.717, 1.165) is 4.90 Å². The molecule has 0 radical (unpaired) electrons. The van der Waals surface area contributed by atoms with Gasteiger partial charge in [-0.3, -0.25) is 24.2 Å². The van der Waals surface area contributed by atoms with E-state index in [-0.39, 0.29) is 12.4 Å². The van der Waals surface area contributed by atoms with Crippen molar-refractivity contribution in [2.75, 3.05) is 38.6 Å². The highest BCUT2D eigenvalue weighted by Crippen LogP contribution is 2.30. The number of imide groups is 1. The number of carbonyl (C=O) groups is 3. The van der Waals surface area contributed by atoms with Gasteiger partial charge >= 0.3 is 0 Å². The molecule has 1 aliphatic rings. The van der Waals surface area contributed by atoms with Crippen LogP contribution in [0.25, 0.3) is 10.2 Å². The maximum absolute atomic E-state index is 13.6. The van der Waals surface area contributed by atoms with E-state index in [2.05, 4.69) is 4.98 Å². The molecular weight excluding hydrogens is 407 g/mol. The number of likely N-dealkylation sites (N-methyl/N-ethyl adjacent to an activating group) is 1. The molecule has 3 amide bonds. The quantitative estimate of drug-likeness (QED) is 0.567. The van der Waals surface area contributed by atoms with Crippen molar-refractivity contribution in [3.05, 3.63) is 59.4 Å². The lowest BCUT2D eigenvalue weighted by molar-refractivity contribution is -0.119. The third-order valence-electron chi connectivity index (χ3n) is 4.81. The molecule has 30 heavy (non-hydrogen) atoms. The van der Waals surface area contributed by atoms with Gasteiger partial charge in [0.15, 0.2) is 5.13 Å². The summed E-state index contributed by atoms with van der Waals surface area (Å²) in [6.07, 6.45) is 0. The van der Waals surface area contributed by atoms with Crippen LogP contribution in [0.4, 0.5) is 9.52 Å². The lowest BCUT2D eigenvalue weighted by Crippen LogP contribution is -2.45. The van der Waals surface area contributed by atoms with Crippen LogP contribution < -0.4 is 4.90 Å². The predicted octanol–water partition coefficient (Wildman–Crippen LogP) is 2.63. The van der Waals surface area contributed by atoms with Crippen molar-refractivity contribution in [1.29, 1.82) is 0 Å². The minimum absolute atomic E-state index is 0.297. The van der Waals surface area contributed by atoms with Crippen LogP contribution in [0.3, 0.4) is 0 Å². The summed E-state index contributed by atoms with van der Waals surface area (Å²) in [5, 5.41) is 0.402. The van der Waals surface area contributed by atoms with Crippen LogP contribution in [0.2, 0.25) is 0 Å². The summed E-state index contributed by atoms with van der Waals surface area (Å²) in [5.74, 6) is -1.77. The first-order valence-electron chi connectivity index (χ1n) is 9.31. The van der Waals surface area contributed by atoms with Gasteiger partial charge in [-0.15, -0.1) is 0 Å². The predicted molar refractivity (Wildman–Crippen MR) is 112 cm³/mol. The topological polar surface area (TPSA) is 73.8 Å². The molecule has 0 atom stereocenters. The van der Waals surface area contributed by atoms with Gasteiger partial charge in [0, 0.05) is 13.1 Å². The van der Waals surface area contributed by atoms with Crippen LogP contribution in [0, 0.1) is 5.82 Å². The van der Waals surface area contributed by atoms with Crippen molar-refractivity contribution in [1.82, 2.24) is 14.8 Å². The van der Waals surface area contributed by atoms with Crippen LogP contribution in [-0.2, 0) is 4.79 Å². The Balaban J connectivity index is 1.61. The first-order chi connectivity index (χ1) is 14.3. The van der Waals surface area contributed by atoms with Crippen LogP contribution in [0.15, 0.2) is 42.5 Å². The Morgan fingerprint density at radius 2 is 1.73 bits per heavy atom. The van der Waals surface area contributed by atoms with Crippen molar-refractivity contribution >= 4 is 44.4 Å². The largest absolute Gasteiger partial charge is 0.308 e. The van der Waals surface area contributed by atoms with Gasteiger partial charge in [0.1, 0.15) is 12.4 Å². The fourth-order valence-corrected chi connectivity index (χ4v) is 4.27.